The van der Waals surface area contributed by atoms with E-state index in [0.717, 1.165) is 24.9 Å². The van der Waals surface area contributed by atoms with Gasteiger partial charge in [-0.3, -0.25) is 10.00 Å². The summed E-state index contributed by atoms with van der Waals surface area (Å²) in [4.78, 5) is 15.8. The first-order valence-corrected chi connectivity index (χ1v) is 7.06. The van der Waals surface area contributed by atoms with Gasteiger partial charge in [-0.1, -0.05) is 30.2 Å². The van der Waals surface area contributed by atoms with E-state index in [1.165, 1.54) is 0 Å². The summed E-state index contributed by atoms with van der Waals surface area (Å²) in [6.07, 6.45) is 5.38. The number of halogens is 1. The van der Waals surface area contributed by atoms with Crippen LogP contribution in [0.1, 0.15) is 25.3 Å². The average molecular weight is 309 g/mol. The Balaban J connectivity index is 1.95. The molecule has 2 amide bonds. The van der Waals surface area contributed by atoms with E-state index in [4.69, 9.17) is 11.6 Å². The van der Waals surface area contributed by atoms with Gasteiger partial charge in [0, 0.05) is 18.4 Å². The molecule has 2 N–H and O–H groups in total. The maximum absolute atomic E-state index is 11.9. The predicted molar refractivity (Wildman–Crippen MR) is 81.6 cm³/mol. The molecular formula is C13H17ClN6O. The Morgan fingerprint density at radius 3 is 3.00 bits per heavy atom. The van der Waals surface area contributed by atoms with E-state index >= 15 is 0 Å². The number of hydrogen-bond acceptors (Lipinski definition) is 4. The van der Waals surface area contributed by atoms with Crippen molar-refractivity contribution < 1.29 is 4.79 Å². The number of unbranched alkanes of at least 4 members (excludes halogenated alkanes) is 1. The molecule has 8 heteroatoms. The summed E-state index contributed by atoms with van der Waals surface area (Å²) in [5, 5.41) is 13.5. The Labute approximate surface area is 127 Å². The number of pyridine rings is 1. The zero-order valence-electron chi connectivity index (χ0n) is 11.9. The maximum Gasteiger partial charge on any atom is 0.324 e. The van der Waals surface area contributed by atoms with Crippen LogP contribution in [0.4, 0.5) is 16.3 Å². The number of amides is 2. The van der Waals surface area contributed by atoms with Gasteiger partial charge < -0.3 is 5.32 Å². The summed E-state index contributed by atoms with van der Waals surface area (Å²) in [5.41, 5.74) is 1.42. The standard InChI is InChI=1S/C13H17ClN6O/c1-3-4-5-20-8-12(18-19-20)17-13(21)16-10-6-11(14)15-7-9(10)2/h6-8H,3-5H2,1-2H3,(H2,15,16,17,21). The van der Waals surface area contributed by atoms with Crippen LogP contribution < -0.4 is 10.6 Å². The molecule has 0 aliphatic rings. The average Bonchev–Trinajstić information content (AvgIpc) is 2.88. The molecule has 112 valence electrons. The minimum absolute atomic E-state index is 0.321. The molecule has 0 aromatic carbocycles. The second-order valence-electron chi connectivity index (χ2n) is 4.62. The first-order valence-electron chi connectivity index (χ1n) is 6.68. The second-order valence-corrected chi connectivity index (χ2v) is 5.01. The quantitative estimate of drug-likeness (QED) is 0.831. The maximum atomic E-state index is 11.9. The number of aryl methyl sites for hydroxylation is 2. The fraction of sp³-hybridized carbons (Fsp3) is 0.385. The van der Waals surface area contributed by atoms with Gasteiger partial charge >= 0.3 is 6.03 Å². The van der Waals surface area contributed by atoms with Gasteiger partial charge in [0.15, 0.2) is 5.82 Å². The molecule has 7 nitrogen and oxygen atoms in total. The minimum atomic E-state index is -0.400. The lowest BCUT2D eigenvalue weighted by molar-refractivity contribution is 0.262. The molecule has 21 heavy (non-hydrogen) atoms. The molecule has 0 aliphatic carbocycles. The van der Waals surface area contributed by atoms with Crippen LogP contribution in [0.3, 0.4) is 0 Å². The molecule has 2 rings (SSSR count). The van der Waals surface area contributed by atoms with Gasteiger partial charge in [-0.2, -0.15) is 0 Å². The van der Waals surface area contributed by atoms with Gasteiger partial charge in [0.1, 0.15) is 5.15 Å². The first kappa shape index (κ1) is 15.2. The molecule has 0 bridgehead atoms. The minimum Gasteiger partial charge on any atom is -0.307 e. The van der Waals surface area contributed by atoms with E-state index in [0.29, 0.717) is 16.7 Å². The van der Waals surface area contributed by atoms with Crippen molar-refractivity contribution >= 4 is 29.1 Å². The monoisotopic (exact) mass is 308 g/mol. The highest BCUT2D eigenvalue weighted by Crippen LogP contribution is 2.17. The Hall–Kier alpha value is -2.15. The lowest BCUT2D eigenvalue weighted by atomic mass is 10.2. The summed E-state index contributed by atoms with van der Waals surface area (Å²) in [6.45, 7) is 4.72. The summed E-state index contributed by atoms with van der Waals surface area (Å²) in [5.74, 6) is 0.404. The fourth-order valence-electron chi connectivity index (χ4n) is 1.69. The lowest BCUT2D eigenvalue weighted by Crippen LogP contribution is -2.20. The third-order valence-corrected chi connectivity index (χ3v) is 3.05. The highest BCUT2D eigenvalue weighted by Gasteiger charge is 2.08. The smallest absolute Gasteiger partial charge is 0.307 e. The van der Waals surface area contributed by atoms with Crippen molar-refractivity contribution in [2.75, 3.05) is 10.6 Å². The van der Waals surface area contributed by atoms with Crippen LogP contribution in [0.2, 0.25) is 5.15 Å². The van der Waals surface area contributed by atoms with E-state index in [2.05, 4.69) is 32.9 Å². The topological polar surface area (TPSA) is 84.7 Å². The third-order valence-electron chi connectivity index (χ3n) is 2.84. The number of aromatic nitrogens is 4. The van der Waals surface area contributed by atoms with E-state index < -0.39 is 6.03 Å². The summed E-state index contributed by atoms with van der Waals surface area (Å²) >= 11 is 5.80. The summed E-state index contributed by atoms with van der Waals surface area (Å²) < 4.78 is 1.70. The third kappa shape index (κ3) is 4.42. The largest absolute Gasteiger partial charge is 0.324 e. The number of rotatable bonds is 5. The van der Waals surface area contributed by atoms with Crippen molar-refractivity contribution in [3.8, 4) is 0 Å². The van der Waals surface area contributed by atoms with Gasteiger partial charge in [-0.05, 0) is 25.0 Å². The van der Waals surface area contributed by atoms with Crippen LogP contribution in [0.15, 0.2) is 18.5 Å². The fourth-order valence-corrected chi connectivity index (χ4v) is 1.85. The Morgan fingerprint density at radius 1 is 1.43 bits per heavy atom. The zero-order valence-corrected chi connectivity index (χ0v) is 12.7. The Kier molecular flexibility index (Phi) is 5.10. The van der Waals surface area contributed by atoms with E-state index in [9.17, 15) is 4.79 Å². The first-order chi connectivity index (χ1) is 10.1. The van der Waals surface area contributed by atoms with Gasteiger partial charge in [-0.25, -0.2) is 9.78 Å². The van der Waals surface area contributed by atoms with Crippen molar-refractivity contribution in [1.29, 1.82) is 0 Å². The molecule has 0 spiro atoms. The lowest BCUT2D eigenvalue weighted by Gasteiger charge is -2.08. The van der Waals surface area contributed by atoms with Crippen LogP contribution in [-0.4, -0.2) is 26.0 Å². The number of carbonyl (C=O) groups is 1. The number of anilines is 2. The molecule has 2 aromatic heterocycles. The second kappa shape index (κ2) is 7.03. The number of nitrogens with zero attached hydrogens (tertiary/aromatic N) is 4. The van der Waals surface area contributed by atoms with E-state index in [1.807, 2.05) is 6.92 Å². The normalized spacial score (nSPS) is 10.4. The molecule has 0 atom stereocenters. The summed E-state index contributed by atoms with van der Waals surface area (Å²) in [7, 11) is 0. The van der Waals surface area contributed by atoms with Gasteiger partial charge in [-0.15, -0.1) is 5.10 Å². The molecule has 0 aliphatic heterocycles. The summed E-state index contributed by atoms with van der Waals surface area (Å²) in [6, 6.07) is 1.19. The van der Waals surface area contributed by atoms with Crippen molar-refractivity contribution in [3.63, 3.8) is 0 Å². The van der Waals surface area contributed by atoms with Crippen LogP contribution in [0, 0.1) is 6.92 Å². The highest BCUT2D eigenvalue weighted by molar-refractivity contribution is 6.29. The number of nitrogens with one attached hydrogen (secondary N) is 2. The number of urea groups is 1. The van der Waals surface area contributed by atoms with Crippen LogP contribution in [0.25, 0.3) is 0 Å². The van der Waals surface area contributed by atoms with Crippen LogP contribution in [-0.2, 0) is 6.54 Å². The molecule has 2 heterocycles. The van der Waals surface area contributed by atoms with Gasteiger partial charge in [0.2, 0.25) is 0 Å². The zero-order chi connectivity index (χ0) is 15.2. The molecule has 0 fully saturated rings. The Bertz CT molecular complexity index is 627. The van der Waals surface area contributed by atoms with Crippen LogP contribution >= 0.6 is 11.6 Å². The predicted octanol–water partition coefficient (Wildman–Crippen LogP) is 3.08. The van der Waals surface area contributed by atoms with E-state index in [-0.39, 0.29) is 0 Å². The van der Waals surface area contributed by atoms with Gasteiger partial charge in [0.25, 0.3) is 0 Å². The van der Waals surface area contributed by atoms with Crippen LogP contribution in [0.5, 0.6) is 0 Å². The Morgan fingerprint density at radius 2 is 2.24 bits per heavy atom. The molecule has 0 saturated heterocycles. The van der Waals surface area contributed by atoms with Crippen molar-refractivity contribution in [1.82, 2.24) is 20.0 Å². The van der Waals surface area contributed by atoms with Crippen molar-refractivity contribution in [2.45, 2.75) is 33.2 Å². The number of hydrogen-bond donors (Lipinski definition) is 2. The van der Waals surface area contributed by atoms with Gasteiger partial charge in [0.05, 0.1) is 6.20 Å². The number of carbonyl (C=O) groups excluding carboxylic acids is 1. The molecule has 2 aromatic rings. The molecular weight excluding hydrogens is 292 g/mol. The van der Waals surface area contributed by atoms with Crippen molar-refractivity contribution in [2.24, 2.45) is 0 Å². The molecule has 0 unspecified atom stereocenters. The van der Waals surface area contributed by atoms with Crippen molar-refractivity contribution in [3.05, 3.63) is 29.2 Å². The molecule has 0 radical (unpaired) electrons. The molecule has 0 saturated carbocycles. The SMILES string of the molecule is CCCCn1cc(NC(=O)Nc2cc(Cl)ncc2C)nn1. The van der Waals surface area contributed by atoms with E-state index in [1.54, 1.807) is 23.1 Å². The highest BCUT2D eigenvalue weighted by atomic mass is 35.5.